The molecule has 1 aliphatic heterocycles. The van der Waals surface area contributed by atoms with E-state index in [9.17, 15) is 0 Å². The van der Waals surface area contributed by atoms with Crippen LogP contribution in [-0.4, -0.2) is 20.9 Å². The van der Waals surface area contributed by atoms with Crippen molar-refractivity contribution in [2.75, 3.05) is 5.33 Å². The number of halogens is 1. The van der Waals surface area contributed by atoms with Crippen molar-refractivity contribution in [2.24, 2.45) is 0 Å². The van der Waals surface area contributed by atoms with Gasteiger partial charge in [0.25, 0.3) is 0 Å². The fraction of sp³-hybridized carbons (Fsp3) is 0.600. The second-order valence-electron chi connectivity index (χ2n) is 3.86. The molecule has 14 heavy (non-hydrogen) atoms. The second kappa shape index (κ2) is 3.95. The minimum absolute atomic E-state index is 0.0321. The van der Waals surface area contributed by atoms with E-state index < -0.39 is 0 Å². The highest BCUT2D eigenvalue weighted by Gasteiger charge is 2.36. The van der Waals surface area contributed by atoms with Gasteiger partial charge in [0, 0.05) is 11.5 Å². The maximum Gasteiger partial charge on any atom is 0.115 e. The molecule has 3 nitrogen and oxygen atoms in total. The van der Waals surface area contributed by atoms with Gasteiger partial charge in [0.05, 0.1) is 11.3 Å². The van der Waals surface area contributed by atoms with E-state index >= 15 is 0 Å². The largest absolute Gasteiger partial charge is 0.365 e. The van der Waals surface area contributed by atoms with Crippen molar-refractivity contribution in [3.8, 4) is 0 Å². The molecule has 1 aromatic rings. The molecule has 1 aliphatic rings. The first-order valence-corrected chi connectivity index (χ1v) is 5.85. The SMILES string of the molecule is CC1(CBr)CCC(c2ccncn2)O1. The van der Waals surface area contributed by atoms with E-state index in [0.29, 0.717) is 0 Å². The average molecular weight is 257 g/mol. The van der Waals surface area contributed by atoms with Crippen LogP contribution in [0.5, 0.6) is 0 Å². The summed E-state index contributed by atoms with van der Waals surface area (Å²) in [5.41, 5.74) is 0.958. The summed E-state index contributed by atoms with van der Waals surface area (Å²) >= 11 is 3.47. The molecule has 0 saturated carbocycles. The molecule has 0 aliphatic carbocycles. The Hall–Kier alpha value is -0.480. The molecule has 2 atom stereocenters. The van der Waals surface area contributed by atoms with Crippen LogP contribution in [0.1, 0.15) is 31.6 Å². The molecule has 0 aromatic carbocycles. The summed E-state index contributed by atoms with van der Waals surface area (Å²) < 4.78 is 5.95. The number of nitrogens with zero attached hydrogens (tertiary/aromatic N) is 2. The quantitative estimate of drug-likeness (QED) is 0.763. The number of hydrogen-bond donors (Lipinski definition) is 0. The van der Waals surface area contributed by atoms with Crippen molar-refractivity contribution in [2.45, 2.75) is 31.5 Å². The van der Waals surface area contributed by atoms with Crippen LogP contribution in [0, 0.1) is 0 Å². The minimum atomic E-state index is -0.0321. The van der Waals surface area contributed by atoms with E-state index in [-0.39, 0.29) is 11.7 Å². The number of rotatable bonds is 2. The van der Waals surface area contributed by atoms with Gasteiger partial charge in [0.1, 0.15) is 12.4 Å². The van der Waals surface area contributed by atoms with Crippen LogP contribution in [0.3, 0.4) is 0 Å². The van der Waals surface area contributed by atoms with Crippen LogP contribution in [0.15, 0.2) is 18.6 Å². The van der Waals surface area contributed by atoms with Crippen molar-refractivity contribution >= 4 is 15.9 Å². The zero-order valence-corrected chi connectivity index (χ0v) is 9.70. The van der Waals surface area contributed by atoms with Crippen molar-refractivity contribution in [1.82, 2.24) is 9.97 Å². The van der Waals surface area contributed by atoms with Crippen LogP contribution in [0.25, 0.3) is 0 Å². The molecule has 4 heteroatoms. The van der Waals surface area contributed by atoms with E-state index in [0.717, 1.165) is 23.9 Å². The van der Waals surface area contributed by atoms with Gasteiger partial charge in [0.2, 0.25) is 0 Å². The number of alkyl halides is 1. The maximum absolute atomic E-state index is 5.95. The van der Waals surface area contributed by atoms with Crippen LogP contribution in [0.2, 0.25) is 0 Å². The third-order valence-electron chi connectivity index (χ3n) is 2.58. The molecule has 1 saturated heterocycles. The lowest BCUT2D eigenvalue weighted by atomic mass is 10.0. The summed E-state index contributed by atoms with van der Waals surface area (Å²) in [6.07, 6.45) is 5.59. The van der Waals surface area contributed by atoms with E-state index in [1.165, 1.54) is 0 Å². The molecule has 0 amide bonds. The Kier molecular flexibility index (Phi) is 2.83. The highest BCUT2D eigenvalue weighted by atomic mass is 79.9. The lowest BCUT2D eigenvalue weighted by Gasteiger charge is -2.21. The smallest absolute Gasteiger partial charge is 0.115 e. The van der Waals surface area contributed by atoms with Crippen molar-refractivity contribution in [1.29, 1.82) is 0 Å². The fourth-order valence-electron chi connectivity index (χ4n) is 1.70. The fourth-order valence-corrected chi connectivity index (χ4v) is 2.11. The Balaban J connectivity index is 2.10. The van der Waals surface area contributed by atoms with E-state index in [1.807, 2.05) is 6.07 Å². The number of ether oxygens (including phenoxy) is 1. The van der Waals surface area contributed by atoms with Gasteiger partial charge in [0.15, 0.2) is 0 Å². The van der Waals surface area contributed by atoms with Gasteiger partial charge in [-0.1, -0.05) is 15.9 Å². The summed E-state index contributed by atoms with van der Waals surface area (Å²) in [5, 5.41) is 0.877. The lowest BCUT2D eigenvalue weighted by Crippen LogP contribution is -2.25. The molecule has 0 bridgehead atoms. The molecular weight excluding hydrogens is 244 g/mol. The van der Waals surface area contributed by atoms with Crippen LogP contribution >= 0.6 is 15.9 Å². The van der Waals surface area contributed by atoms with Gasteiger partial charge >= 0.3 is 0 Å². The maximum atomic E-state index is 5.95. The van der Waals surface area contributed by atoms with E-state index in [1.54, 1.807) is 12.5 Å². The van der Waals surface area contributed by atoms with Gasteiger partial charge in [-0.3, -0.25) is 0 Å². The summed E-state index contributed by atoms with van der Waals surface area (Å²) in [6.45, 7) is 2.13. The Bertz CT molecular complexity index is 306. The van der Waals surface area contributed by atoms with Gasteiger partial charge in [-0.25, -0.2) is 9.97 Å². The zero-order valence-electron chi connectivity index (χ0n) is 8.11. The van der Waals surface area contributed by atoms with Gasteiger partial charge < -0.3 is 4.74 Å². The minimum Gasteiger partial charge on any atom is -0.365 e. The Labute approximate surface area is 92.0 Å². The molecule has 1 fully saturated rings. The Morgan fingerprint density at radius 1 is 1.71 bits per heavy atom. The van der Waals surface area contributed by atoms with Gasteiger partial charge in [-0.2, -0.15) is 0 Å². The van der Waals surface area contributed by atoms with E-state index in [4.69, 9.17) is 4.74 Å². The standard InChI is InChI=1S/C10H13BrN2O/c1-10(6-11)4-2-9(14-10)8-3-5-12-7-13-8/h3,5,7,9H,2,4,6H2,1H3. The van der Waals surface area contributed by atoms with Gasteiger partial charge in [-0.15, -0.1) is 0 Å². The summed E-state index contributed by atoms with van der Waals surface area (Å²) in [7, 11) is 0. The first-order chi connectivity index (χ1) is 6.73. The molecule has 2 rings (SSSR count). The Morgan fingerprint density at radius 3 is 3.14 bits per heavy atom. The highest BCUT2D eigenvalue weighted by Crippen LogP contribution is 2.39. The van der Waals surface area contributed by atoms with E-state index in [2.05, 4.69) is 32.8 Å². The predicted octanol–water partition coefficient (Wildman–Crippen LogP) is 2.48. The van der Waals surface area contributed by atoms with Crippen molar-refractivity contribution in [3.63, 3.8) is 0 Å². The molecular formula is C10H13BrN2O. The third-order valence-corrected chi connectivity index (χ3v) is 3.77. The normalized spacial score (nSPS) is 32.0. The molecule has 1 aromatic heterocycles. The predicted molar refractivity (Wildman–Crippen MR) is 57.3 cm³/mol. The summed E-state index contributed by atoms with van der Waals surface area (Å²) in [5.74, 6) is 0. The average Bonchev–Trinajstić information content (AvgIpc) is 2.63. The highest BCUT2D eigenvalue weighted by molar-refractivity contribution is 9.09. The third kappa shape index (κ3) is 1.96. The molecule has 0 spiro atoms. The topological polar surface area (TPSA) is 35.0 Å². The first kappa shape index (κ1) is 10.1. The number of hydrogen-bond acceptors (Lipinski definition) is 3. The lowest BCUT2D eigenvalue weighted by molar-refractivity contribution is -0.0139. The molecule has 76 valence electrons. The zero-order chi connectivity index (χ0) is 10.0. The number of aromatic nitrogens is 2. The molecule has 0 radical (unpaired) electrons. The Morgan fingerprint density at radius 2 is 2.57 bits per heavy atom. The van der Waals surface area contributed by atoms with Crippen LogP contribution < -0.4 is 0 Å². The first-order valence-electron chi connectivity index (χ1n) is 4.73. The molecule has 2 heterocycles. The summed E-state index contributed by atoms with van der Waals surface area (Å²) in [6, 6.07) is 1.92. The monoisotopic (exact) mass is 256 g/mol. The second-order valence-corrected chi connectivity index (χ2v) is 4.42. The van der Waals surface area contributed by atoms with Crippen LogP contribution in [0.4, 0.5) is 0 Å². The molecule has 2 unspecified atom stereocenters. The van der Waals surface area contributed by atoms with Crippen LogP contribution in [-0.2, 0) is 4.74 Å². The van der Waals surface area contributed by atoms with Crippen molar-refractivity contribution < 1.29 is 4.74 Å². The summed E-state index contributed by atoms with van der Waals surface area (Å²) in [4.78, 5) is 8.11. The van der Waals surface area contributed by atoms with Crippen molar-refractivity contribution in [3.05, 3.63) is 24.3 Å². The van der Waals surface area contributed by atoms with Gasteiger partial charge in [-0.05, 0) is 25.8 Å². The molecule has 0 N–H and O–H groups in total.